The summed E-state index contributed by atoms with van der Waals surface area (Å²) >= 11 is 0. The van der Waals surface area contributed by atoms with Crippen LogP contribution in [0, 0.1) is 0 Å². The molecule has 70 valence electrons. The standard InChI is InChI=1S/C8H18N4/c1-10-8(9)7-12-5-2-3-11-4-6-12/h11H,2-7H2,1H3,(H2,9,10). The minimum absolute atomic E-state index is 0.733. The first kappa shape index (κ1) is 9.48. The number of nitrogens with one attached hydrogen (secondary N) is 1. The highest BCUT2D eigenvalue weighted by atomic mass is 15.2. The maximum absolute atomic E-state index is 5.64. The number of aliphatic imine (C=N–C) groups is 1. The van der Waals surface area contributed by atoms with Crippen molar-refractivity contribution in [3.05, 3.63) is 0 Å². The fourth-order valence-corrected chi connectivity index (χ4v) is 1.36. The lowest BCUT2D eigenvalue weighted by atomic mass is 10.4. The third kappa shape index (κ3) is 3.19. The second kappa shape index (κ2) is 5.11. The third-order valence-electron chi connectivity index (χ3n) is 2.11. The molecule has 0 bridgehead atoms. The zero-order valence-corrected chi connectivity index (χ0v) is 7.71. The predicted octanol–water partition coefficient (Wildman–Crippen LogP) is -0.731. The molecule has 3 N–H and O–H groups in total. The van der Waals surface area contributed by atoms with E-state index >= 15 is 0 Å². The van der Waals surface area contributed by atoms with Crippen molar-refractivity contribution in [2.24, 2.45) is 10.7 Å². The molecule has 0 saturated carbocycles. The van der Waals surface area contributed by atoms with E-state index in [1.54, 1.807) is 7.05 Å². The molecule has 0 unspecified atom stereocenters. The molecule has 4 nitrogen and oxygen atoms in total. The van der Waals surface area contributed by atoms with Gasteiger partial charge in [-0.15, -0.1) is 0 Å². The molecule has 1 aliphatic rings. The lowest BCUT2D eigenvalue weighted by Gasteiger charge is -2.18. The molecule has 0 atom stereocenters. The molecule has 1 heterocycles. The van der Waals surface area contributed by atoms with Gasteiger partial charge >= 0.3 is 0 Å². The molecule has 0 aromatic carbocycles. The van der Waals surface area contributed by atoms with E-state index in [9.17, 15) is 0 Å². The zero-order valence-electron chi connectivity index (χ0n) is 7.71. The Morgan fingerprint density at radius 3 is 3.08 bits per heavy atom. The summed E-state index contributed by atoms with van der Waals surface area (Å²) in [4.78, 5) is 6.28. The minimum atomic E-state index is 0.733. The summed E-state index contributed by atoms with van der Waals surface area (Å²) in [5, 5.41) is 3.35. The summed E-state index contributed by atoms with van der Waals surface area (Å²) in [6.45, 7) is 5.22. The van der Waals surface area contributed by atoms with Crippen molar-refractivity contribution in [2.75, 3.05) is 39.8 Å². The van der Waals surface area contributed by atoms with Gasteiger partial charge in [-0.1, -0.05) is 0 Å². The molecule has 0 aliphatic carbocycles. The van der Waals surface area contributed by atoms with E-state index in [1.165, 1.54) is 6.42 Å². The van der Waals surface area contributed by atoms with Gasteiger partial charge in [0, 0.05) is 20.1 Å². The van der Waals surface area contributed by atoms with Crippen molar-refractivity contribution < 1.29 is 0 Å². The highest BCUT2D eigenvalue weighted by Gasteiger charge is 2.08. The van der Waals surface area contributed by atoms with Crippen LogP contribution in [0.3, 0.4) is 0 Å². The molecule has 0 spiro atoms. The van der Waals surface area contributed by atoms with E-state index in [0.717, 1.165) is 38.6 Å². The maximum atomic E-state index is 5.64. The molecule has 1 fully saturated rings. The first-order valence-electron chi connectivity index (χ1n) is 4.47. The lowest BCUT2D eigenvalue weighted by molar-refractivity contribution is 0.332. The smallest absolute Gasteiger partial charge is 0.108 e. The van der Waals surface area contributed by atoms with Gasteiger partial charge < -0.3 is 11.1 Å². The third-order valence-corrected chi connectivity index (χ3v) is 2.11. The summed E-state index contributed by atoms with van der Waals surface area (Å²) in [7, 11) is 1.74. The molecular weight excluding hydrogens is 152 g/mol. The van der Waals surface area contributed by atoms with Gasteiger partial charge in [0.05, 0.1) is 6.54 Å². The van der Waals surface area contributed by atoms with Gasteiger partial charge in [0.2, 0.25) is 0 Å². The van der Waals surface area contributed by atoms with Crippen LogP contribution in [0.15, 0.2) is 4.99 Å². The zero-order chi connectivity index (χ0) is 8.81. The van der Waals surface area contributed by atoms with Gasteiger partial charge in [0.1, 0.15) is 5.84 Å². The molecule has 0 aromatic heterocycles. The second-order valence-corrected chi connectivity index (χ2v) is 3.09. The Bertz CT molecular complexity index is 147. The average molecular weight is 170 g/mol. The van der Waals surface area contributed by atoms with Crippen molar-refractivity contribution >= 4 is 5.84 Å². The molecule has 0 radical (unpaired) electrons. The lowest BCUT2D eigenvalue weighted by Crippen LogP contribution is -2.36. The molecule has 12 heavy (non-hydrogen) atoms. The summed E-state index contributed by atoms with van der Waals surface area (Å²) < 4.78 is 0. The fraction of sp³-hybridized carbons (Fsp3) is 0.875. The Labute approximate surface area is 73.8 Å². The number of hydrogen-bond donors (Lipinski definition) is 2. The summed E-state index contributed by atoms with van der Waals surface area (Å²) in [5.41, 5.74) is 5.64. The van der Waals surface area contributed by atoms with Crippen LogP contribution in [0.1, 0.15) is 6.42 Å². The van der Waals surface area contributed by atoms with Crippen molar-refractivity contribution in [1.82, 2.24) is 10.2 Å². The van der Waals surface area contributed by atoms with Crippen LogP contribution >= 0.6 is 0 Å². The van der Waals surface area contributed by atoms with Crippen molar-refractivity contribution in [3.63, 3.8) is 0 Å². The summed E-state index contributed by atoms with van der Waals surface area (Å²) in [6.07, 6.45) is 1.21. The molecule has 1 aliphatic heterocycles. The normalized spacial score (nSPS) is 22.2. The van der Waals surface area contributed by atoms with Gasteiger partial charge in [-0.05, 0) is 19.5 Å². The van der Waals surface area contributed by atoms with E-state index in [1.807, 2.05) is 0 Å². The Kier molecular flexibility index (Phi) is 4.04. The molecular formula is C8H18N4. The highest BCUT2D eigenvalue weighted by molar-refractivity contribution is 5.82. The summed E-state index contributed by atoms with van der Waals surface area (Å²) in [5.74, 6) is 0.733. The molecule has 1 rings (SSSR count). The summed E-state index contributed by atoms with van der Waals surface area (Å²) in [6, 6.07) is 0. The van der Waals surface area contributed by atoms with Crippen molar-refractivity contribution in [2.45, 2.75) is 6.42 Å². The molecule has 4 heteroatoms. The largest absolute Gasteiger partial charge is 0.386 e. The van der Waals surface area contributed by atoms with Crippen molar-refractivity contribution in [1.29, 1.82) is 0 Å². The van der Waals surface area contributed by atoms with E-state index < -0.39 is 0 Å². The Morgan fingerprint density at radius 1 is 1.50 bits per heavy atom. The quantitative estimate of drug-likeness (QED) is 0.424. The Morgan fingerprint density at radius 2 is 2.33 bits per heavy atom. The van der Waals surface area contributed by atoms with Gasteiger partial charge in [-0.3, -0.25) is 9.89 Å². The van der Waals surface area contributed by atoms with E-state index in [-0.39, 0.29) is 0 Å². The second-order valence-electron chi connectivity index (χ2n) is 3.09. The van der Waals surface area contributed by atoms with Gasteiger partial charge in [-0.25, -0.2) is 0 Å². The SMILES string of the molecule is CN=C(N)CN1CCCNCC1. The van der Waals surface area contributed by atoms with E-state index in [4.69, 9.17) is 5.73 Å². The van der Waals surface area contributed by atoms with Crippen molar-refractivity contribution in [3.8, 4) is 0 Å². The number of nitrogens with zero attached hydrogens (tertiary/aromatic N) is 2. The Hall–Kier alpha value is -0.610. The van der Waals surface area contributed by atoms with Crippen LogP contribution in [-0.4, -0.2) is 50.5 Å². The van der Waals surface area contributed by atoms with Crippen LogP contribution in [0.2, 0.25) is 0 Å². The molecule has 1 saturated heterocycles. The van der Waals surface area contributed by atoms with Crippen LogP contribution in [0.5, 0.6) is 0 Å². The van der Waals surface area contributed by atoms with Crippen LogP contribution in [0.4, 0.5) is 0 Å². The highest BCUT2D eigenvalue weighted by Crippen LogP contribution is 1.93. The number of amidine groups is 1. The van der Waals surface area contributed by atoms with Crippen LogP contribution in [0.25, 0.3) is 0 Å². The van der Waals surface area contributed by atoms with E-state index in [0.29, 0.717) is 0 Å². The maximum Gasteiger partial charge on any atom is 0.108 e. The topological polar surface area (TPSA) is 53.6 Å². The number of hydrogen-bond acceptors (Lipinski definition) is 3. The van der Waals surface area contributed by atoms with E-state index in [2.05, 4.69) is 15.2 Å². The molecule has 0 amide bonds. The van der Waals surface area contributed by atoms with Crippen LogP contribution in [-0.2, 0) is 0 Å². The number of nitrogens with two attached hydrogens (primary N) is 1. The molecule has 0 aromatic rings. The van der Waals surface area contributed by atoms with Gasteiger partial charge in [0.15, 0.2) is 0 Å². The first-order valence-corrected chi connectivity index (χ1v) is 4.47. The average Bonchev–Trinajstić information content (AvgIpc) is 2.33. The van der Waals surface area contributed by atoms with Gasteiger partial charge in [-0.2, -0.15) is 0 Å². The first-order chi connectivity index (χ1) is 5.83. The Balaban J connectivity index is 2.29. The monoisotopic (exact) mass is 170 g/mol. The predicted molar refractivity (Wildman–Crippen MR) is 51.5 cm³/mol. The van der Waals surface area contributed by atoms with Crippen LogP contribution < -0.4 is 11.1 Å². The fourth-order valence-electron chi connectivity index (χ4n) is 1.36. The minimum Gasteiger partial charge on any atom is -0.386 e. The number of rotatable bonds is 2. The van der Waals surface area contributed by atoms with Gasteiger partial charge in [0.25, 0.3) is 0 Å².